The Labute approximate surface area is 117 Å². The number of aryl methyl sites for hydroxylation is 2. The number of hydrogen-bond donors (Lipinski definition) is 0. The van der Waals surface area contributed by atoms with Crippen LogP contribution in [0.5, 0.6) is 5.75 Å². The van der Waals surface area contributed by atoms with Gasteiger partial charge < -0.3 is 9.15 Å². The summed E-state index contributed by atoms with van der Waals surface area (Å²) in [4.78, 5) is 11.6. The molecular formula is C15H17ClO3. The fraction of sp³-hybridized carbons (Fsp3) is 0.400. The van der Waals surface area contributed by atoms with Crippen molar-refractivity contribution < 1.29 is 9.15 Å². The number of fused-ring (bicyclic) bond motifs is 1. The van der Waals surface area contributed by atoms with E-state index in [1.807, 2.05) is 26.0 Å². The Balaban J connectivity index is 2.53. The Morgan fingerprint density at radius 2 is 2.00 bits per heavy atom. The molecule has 19 heavy (non-hydrogen) atoms. The zero-order valence-corrected chi connectivity index (χ0v) is 12.1. The number of ether oxygens (including phenoxy) is 1. The Kier molecular flexibility index (Phi) is 4.15. The summed E-state index contributed by atoms with van der Waals surface area (Å²) in [5, 5.41) is 0.997. The molecule has 0 atom stereocenters. The summed E-state index contributed by atoms with van der Waals surface area (Å²) >= 11 is 5.91. The average Bonchev–Trinajstić information content (AvgIpc) is 2.40. The zero-order chi connectivity index (χ0) is 14.0. The third kappa shape index (κ3) is 2.61. The number of unbranched alkanes of at least 4 members (excludes halogenated alkanes) is 1. The first-order valence-electron chi connectivity index (χ1n) is 6.41. The standard InChI is InChI=1S/C15H17ClO3/c1-4-5-8-18-12-7-6-11-9(2)13(16)15(17)19-14(11)10(12)3/h6-7H,4-5,8H2,1-3H3. The van der Waals surface area contributed by atoms with E-state index in [9.17, 15) is 4.79 Å². The summed E-state index contributed by atoms with van der Waals surface area (Å²) in [7, 11) is 0. The van der Waals surface area contributed by atoms with Crippen LogP contribution in [0.15, 0.2) is 21.3 Å². The third-order valence-corrected chi connectivity index (χ3v) is 3.66. The van der Waals surface area contributed by atoms with Crippen LogP contribution < -0.4 is 10.4 Å². The van der Waals surface area contributed by atoms with E-state index in [1.165, 1.54) is 0 Å². The molecule has 0 unspecified atom stereocenters. The molecule has 0 aliphatic rings. The molecule has 0 amide bonds. The molecule has 4 heteroatoms. The van der Waals surface area contributed by atoms with Crippen LogP contribution in [-0.2, 0) is 0 Å². The lowest BCUT2D eigenvalue weighted by Crippen LogP contribution is -2.04. The molecule has 102 valence electrons. The summed E-state index contributed by atoms with van der Waals surface area (Å²) in [6, 6.07) is 3.78. The van der Waals surface area contributed by atoms with Crippen LogP contribution in [0.2, 0.25) is 5.02 Å². The van der Waals surface area contributed by atoms with Crippen molar-refractivity contribution in [2.45, 2.75) is 33.6 Å². The predicted molar refractivity (Wildman–Crippen MR) is 77.4 cm³/mol. The van der Waals surface area contributed by atoms with Crippen molar-refractivity contribution in [1.82, 2.24) is 0 Å². The summed E-state index contributed by atoms with van der Waals surface area (Å²) < 4.78 is 11.0. The van der Waals surface area contributed by atoms with Gasteiger partial charge in [-0.3, -0.25) is 0 Å². The van der Waals surface area contributed by atoms with Crippen molar-refractivity contribution in [2.24, 2.45) is 0 Å². The monoisotopic (exact) mass is 280 g/mol. The van der Waals surface area contributed by atoms with Crippen molar-refractivity contribution in [2.75, 3.05) is 6.61 Å². The number of rotatable bonds is 4. The van der Waals surface area contributed by atoms with Crippen LogP contribution in [0.1, 0.15) is 30.9 Å². The van der Waals surface area contributed by atoms with Crippen LogP contribution in [0.25, 0.3) is 11.0 Å². The Morgan fingerprint density at radius 3 is 2.68 bits per heavy atom. The average molecular weight is 281 g/mol. The zero-order valence-electron chi connectivity index (χ0n) is 11.4. The van der Waals surface area contributed by atoms with Gasteiger partial charge in [0.1, 0.15) is 16.4 Å². The topological polar surface area (TPSA) is 39.4 Å². The predicted octanol–water partition coefficient (Wildman–Crippen LogP) is 4.24. The van der Waals surface area contributed by atoms with Gasteiger partial charge in [-0.2, -0.15) is 0 Å². The van der Waals surface area contributed by atoms with Gasteiger partial charge in [-0.05, 0) is 38.0 Å². The maximum atomic E-state index is 11.6. The first kappa shape index (κ1) is 13.9. The quantitative estimate of drug-likeness (QED) is 0.621. The van der Waals surface area contributed by atoms with Crippen molar-refractivity contribution in [3.63, 3.8) is 0 Å². The van der Waals surface area contributed by atoms with Crippen molar-refractivity contribution in [3.05, 3.63) is 38.7 Å². The number of benzene rings is 1. The third-order valence-electron chi connectivity index (χ3n) is 3.22. The molecule has 0 spiro atoms. The second-order valence-corrected chi connectivity index (χ2v) is 4.97. The van der Waals surface area contributed by atoms with E-state index in [2.05, 4.69) is 6.92 Å². The van der Waals surface area contributed by atoms with E-state index < -0.39 is 5.63 Å². The van der Waals surface area contributed by atoms with Crippen LogP contribution in [0.3, 0.4) is 0 Å². The van der Waals surface area contributed by atoms with Gasteiger partial charge in [0, 0.05) is 10.9 Å². The highest BCUT2D eigenvalue weighted by molar-refractivity contribution is 6.31. The minimum Gasteiger partial charge on any atom is -0.493 e. The lowest BCUT2D eigenvalue weighted by Gasteiger charge is -2.11. The van der Waals surface area contributed by atoms with Crippen LogP contribution in [0.4, 0.5) is 0 Å². The van der Waals surface area contributed by atoms with Crippen LogP contribution >= 0.6 is 11.6 Å². The molecule has 0 N–H and O–H groups in total. The molecule has 3 nitrogen and oxygen atoms in total. The van der Waals surface area contributed by atoms with Gasteiger partial charge in [-0.15, -0.1) is 0 Å². The molecule has 1 aromatic heterocycles. The highest BCUT2D eigenvalue weighted by atomic mass is 35.5. The van der Waals surface area contributed by atoms with Gasteiger partial charge in [0.15, 0.2) is 0 Å². The molecule has 2 rings (SSSR count). The summed E-state index contributed by atoms with van der Waals surface area (Å²) in [6.07, 6.45) is 2.08. The second-order valence-electron chi connectivity index (χ2n) is 4.60. The molecule has 2 aromatic rings. The lowest BCUT2D eigenvalue weighted by atomic mass is 10.1. The molecule has 0 fully saturated rings. The van der Waals surface area contributed by atoms with E-state index in [0.29, 0.717) is 12.2 Å². The van der Waals surface area contributed by atoms with E-state index >= 15 is 0 Å². The summed E-state index contributed by atoms with van der Waals surface area (Å²) in [5.74, 6) is 0.755. The minimum atomic E-state index is -0.500. The molecule has 0 aliphatic heterocycles. The van der Waals surface area contributed by atoms with Crippen molar-refractivity contribution in [1.29, 1.82) is 0 Å². The molecule has 0 bridgehead atoms. The highest BCUT2D eigenvalue weighted by Crippen LogP contribution is 2.30. The minimum absolute atomic E-state index is 0.145. The number of hydrogen-bond acceptors (Lipinski definition) is 3. The highest BCUT2D eigenvalue weighted by Gasteiger charge is 2.13. The maximum Gasteiger partial charge on any atom is 0.355 e. The van der Waals surface area contributed by atoms with Gasteiger partial charge in [-0.1, -0.05) is 24.9 Å². The van der Waals surface area contributed by atoms with Gasteiger partial charge in [-0.25, -0.2) is 4.79 Å². The maximum absolute atomic E-state index is 11.6. The van der Waals surface area contributed by atoms with Crippen molar-refractivity contribution in [3.8, 4) is 5.75 Å². The summed E-state index contributed by atoms with van der Waals surface area (Å²) in [6.45, 7) is 6.49. The Hall–Kier alpha value is -1.48. The van der Waals surface area contributed by atoms with E-state index in [0.717, 1.165) is 35.1 Å². The first-order valence-corrected chi connectivity index (χ1v) is 6.79. The number of halogens is 1. The lowest BCUT2D eigenvalue weighted by molar-refractivity contribution is 0.307. The largest absolute Gasteiger partial charge is 0.493 e. The van der Waals surface area contributed by atoms with E-state index in [1.54, 1.807) is 0 Å². The van der Waals surface area contributed by atoms with Gasteiger partial charge >= 0.3 is 5.63 Å². The molecule has 0 aliphatic carbocycles. The smallest absolute Gasteiger partial charge is 0.355 e. The Bertz CT molecular complexity index is 658. The fourth-order valence-electron chi connectivity index (χ4n) is 1.99. The normalized spacial score (nSPS) is 10.9. The fourth-order valence-corrected chi connectivity index (χ4v) is 2.13. The van der Waals surface area contributed by atoms with Gasteiger partial charge in [0.2, 0.25) is 0 Å². The van der Waals surface area contributed by atoms with Crippen LogP contribution in [0, 0.1) is 13.8 Å². The first-order chi connectivity index (χ1) is 9.06. The molecule has 1 aromatic carbocycles. The Morgan fingerprint density at radius 1 is 1.26 bits per heavy atom. The van der Waals surface area contributed by atoms with E-state index in [4.69, 9.17) is 20.8 Å². The second kappa shape index (κ2) is 5.66. The summed E-state index contributed by atoms with van der Waals surface area (Å²) in [5.41, 5.74) is 1.64. The van der Waals surface area contributed by atoms with E-state index in [-0.39, 0.29) is 5.02 Å². The molecule has 1 heterocycles. The SMILES string of the molecule is CCCCOc1ccc2c(C)c(Cl)c(=O)oc2c1C. The van der Waals surface area contributed by atoms with Gasteiger partial charge in [0.05, 0.1) is 6.61 Å². The molecule has 0 saturated heterocycles. The molecule has 0 saturated carbocycles. The van der Waals surface area contributed by atoms with Gasteiger partial charge in [0.25, 0.3) is 0 Å². The van der Waals surface area contributed by atoms with Crippen LogP contribution in [-0.4, -0.2) is 6.61 Å². The molecule has 0 radical (unpaired) electrons. The molecular weight excluding hydrogens is 264 g/mol. The van der Waals surface area contributed by atoms with Crippen molar-refractivity contribution >= 4 is 22.6 Å².